The van der Waals surface area contributed by atoms with Crippen molar-refractivity contribution in [3.05, 3.63) is 29.6 Å². The molecule has 0 saturated heterocycles. The summed E-state index contributed by atoms with van der Waals surface area (Å²) in [5.41, 5.74) is 0.436. The second-order valence-corrected chi connectivity index (χ2v) is 6.70. The molecule has 0 aliphatic heterocycles. The Bertz CT molecular complexity index is 499. The lowest BCUT2D eigenvalue weighted by molar-refractivity contribution is 0.430. The topological polar surface area (TPSA) is 37.4 Å². The summed E-state index contributed by atoms with van der Waals surface area (Å²) in [7, 11) is -3.54. The second-order valence-electron chi connectivity index (χ2n) is 4.00. The van der Waals surface area contributed by atoms with Gasteiger partial charge in [0.25, 0.3) is 0 Å². The Morgan fingerprint density at radius 2 is 2.00 bits per heavy atom. The number of hydrogen-bond acceptors (Lipinski definition) is 2. The third kappa shape index (κ3) is 3.52. The summed E-state index contributed by atoms with van der Waals surface area (Å²) in [6, 6.07) is 3.75. The van der Waals surface area contributed by atoms with E-state index in [4.69, 9.17) is 0 Å². The number of sulfonamides is 1. The molecule has 0 heterocycles. The molecule has 0 fully saturated rings. The van der Waals surface area contributed by atoms with Crippen LogP contribution in [-0.4, -0.2) is 31.1 Å². The van der Waals surface area contributed by atoms with Crippen molar-refractivity contribution in [1.82, 2.24) is 4.31 Å². The zero-order valence-electron chi connectivity index (χ0n) is 10.5. The maximum atomic E-state index is 13.0. The quantitative estimate of drug-likeness (QED) is 0.748. The fraction of sp³-hybridized carbons (Fsp3) is 0.500. The Labute approximate surface area is 116 Å². The average Bonchev–Trinajstić information content (AvgIpc) is 2.28. The monoisotopic (exact) mass is 337 g/mol. The van der Waals surface area contributed by atoms with Crippen LogP contribution in [0.25, 0.3) is 0 Å². The number of benzene rings is 1. The van der Waals surface area contributed by atoms with E-state index in [9.17, 15) is 12.8 Å². The fourth-order valence-electron chi connectivity index (χ4n) is 1.74. The lowest BCUT2D eigenvalue weighted by atomic mass is 10.2. The molecule has 0 radical (unpaired) electrons. The minimum absolute atomic E-state index is 0.179. The van der Waals surface area contributed by atoms with Crippen molar-refractivity contribution in [2.24, 2.45) is 0 Å². The summed E-state index contributed by atoms with van der Waals surface area (Å²) in [5.74, 6) is -0.422. The van der Waals surface area contributed by atoms with Gasteiger partial charge in [0.1, 0.15) is 5.82 Å². The van der Waals surface area contributed by atoms with E-state index in [1.54, 1.807) is 6.92 Å². The van der Waals surface area contributed by atoms with Crippen LogP contribution >= 0.6 is 15.9 Å². The zero-order valence-corrected chi connectivity index (χ0v) is 12.9. The van der Waals surface area contributed by atoms with Gasteiger partial charge in [-0.3, -0.25) is 0 Å². The Kier molecular flexibility index (Phi) is 5.75. The molecule has 1 aromatic carbocycles. The van der Waals surface area contributed by atoms with Gasteiger partial charge in [-0.25, -0.2) is 12.8 Å². The molecular formula is C12H17BrFNO2S. The highest BCUT2D eigenvalue weighted by Crippen LogP contribution is 2.21. The number of rotatable bonds is 6. The van der Waals surface area contributed by atoms with Crippen LogP contribution in [0.3, 0.4) is 0 Å². The summed E-state index contributed by atoms with van der Waals surface area (Å²) in [6.07, 6.45) is 0.743. The van der Waals surface area contributed by atoms with Crippen molar-refractivity contribution in [3.63, 3.8) is 0 Å². The molecule has 0 aliphatic carbocycles. The van der Waals surface area contributed by atoms with E-state index in [1.165, 1.54) is 22.5 Å². The highest BCUT2D eigenvalue weighted by molar-refractivity contribution is 9.09. The van der Waals surface area contributed by atoms with E-state index in [0.717, 1.165) is 6.42 Å². The normalized spacial score (nSPS) is 12.1. The van der Waals surface area contributed by atoms with Gasteiger partial charge in [-0.1, -0.05) is 22.9 Å². The van der Waals surface area contributed by atoms with Crippen molar-refractivity contribution in [2.45, 2.75) is 25.2 Å². The lowest BCUT2D eigenvalue weighted by Gasteiger charge is -2.21. The SMILES string of the molecule is CCCN(CCBr)S(=O)(=O)c1ccc(F)cc1C. The van der Waals surface area contributed by atoms with Crippen LogP contribution in [0, 0.1) is 12.7 Å². The Morgan fingerprint density at radius 1 is 1.33 bits per heavy atom. The number of alkyl halides is 1. The first-order valence-electron chi connectivity index (χ1n) is 5.75. The molecule has 0 saturated carbocycles. The molecule has 0 spiro atoms. The van der Waals surface area contributed by atoms with Crippen molar-refractivity contribution >= 4 is 26.0 Å². The van der Waals surface area contributed by atoms with E-state index < -0.39 is 15.8 Å². The van der Waals surface area contributed by atoms with Crippen molar-refractivity contribution in [1.29, 1.82) is 0 Å². The molecule has 0 amide bonds. The largest absolute Gasteiger partial charge is 0.243 e. The van der Waals surface area contributed by atoms with Crippen LogP contribution in [-0.2, 0) is 10.0 Å². The summed E-state index contributed by atoms with van der Waals surface area (Å²) in [6.45, 7) is 4.40. The maximum absolute atomic E-state index is 13.0. The van der Waals surface area contributed by atoms with Gasteiger partial charge >= 0.3 is 0 Å². The van der Waals surface area contributed by atoms with Gasteiger partial charge in [0.15, 0.2) is 0 Å². The molecule has 0 atom stereocenters. The van der Waals surface area contributed by atoms with Crippen LogP contribution in [0.15, 0.2) is 23.1 Å². The highest BCUT2D eigenvalue weighted by atomic mass is 79.9. The van der Waals surface area contributed by atoms with Crippen LogP contribution in [0.5, 0.6) is 0 Å². The smallest absolute Gasteiger partial charge is 0.207 e. The Morgan fingerprint density at radius 3 is 2.50 bits per heavy atom. The van der Waals surface area contributed by atoms with Crippen molar-refractivity contribution < 1.29 is 12.8 Å². The lowest BCUT2D eigenvalue weighted by Crippen LogP contribution is -2.33. The van der Waals surface area contributed by atoms with Crippen LogP contribution in [0.4, 0.5) is 4.39 Å². The number of aryl methyl sites for hydroxylation is 1. The molecule has 1 rings (SSSR count). The fourth-order valence-corrected chi connectivity index (χ4v) is 4.14. The maximum Gasteiger partial charge on any atom is 0.243 e. The molecule has 6 heteroatoms. The van der Waals surface area contributed by atoms with Crippen LogP contribution in [0.2, 0.25) is 0 Å². The summed E-state index contributed by atoms with van der Waals surface area (Å²) >= 11 is 3.25. The van der Waals surface area contributed by atoms with Gasteiger partial charge < -0.3 is 0 Å². The first kappa shape index (κ1) is 15.6. The standard InChI is InChI=1S/C12H17BrFNO2S/c1-3-7-15(8-6-13)18(16,17)12-5-4-11(14)9-10(12)2/h4-5,9H,3,6-8H2,1-2H3. The van der Waals surface area contributed by atoms with E-state index >= 15 is 0 Å². The molecular weight excluding hydrogens is 321 g/mol. The summed E-state index contributed by atoms with van der Waals surface area (Å²) in [4.78, 5) is 0.179. The van der Waals surface area contributed by atoms with Gasteiger partial charge in [-0.05, 0) is 37.1 Å². The van der Waals surface area contributed by atoms with Gasteiger partial charge in [0.2, 0.25) is 10.0 Å². The average molecular weight is 338 g/mol. The number of halogens is 2. The van der Waals surface area contributed by atoms with Gasteiger partial charge in [-0.2, -0.15) is 4.31 Å². The predicted octanol–water partition coefficient (Wildman–Crippen LogP) is 2.93. The third-order valence-corrected chi connectivity index (χ3v) is 4.98. The molecule has 0 bridgehead atoms. The second kappa shape index (κ2) is 6.63. The van der Waals surface area contributed by atoms with E-state index in [1.807, 2.05) is 6.92 Å². The summed E-state index contributed by atoms with van der Waals surface area (Å²) in [5, 5.41) is 0.576. The predicted molar refractivity (Wildman–Crippen MR) is 74.0 cm³/mol. The van der Waals surface area contributed by atoms with Crippen molar-refractivity contribution in [3.8, 4) is 0 Å². The van der Waals surface area contributed by atoms with Gasteiger partial charge in [-0.15, -0.1) is 0 Å². The molecule has 1 aromatic rings. The van der Waals surface area contributed by atoms with E-state index in [-0.39, 0.29) is 4.90 Å². The molecule has 0 aromatic heterocycles. The first-order valence-corrected chi connectivity index (χ1v) is 8.32. The molecule has 0 unspecified atom stereocenters. The van der Waals surface area contributed by atoms with Gasteiger partial charge in [0, 0.05) is 18.4 Å². The minimum atomic E-state index is -3.54. The zero-order chi connectivity index (χ0) is 13.8. The third-order valence-electron chi connectivity index (χ3n) is 2.56. The molecule has 102 valence electrons. The Hall–Kier alpha value is -0.460. The van der Waals surface area contributed by atoms with Crippen LogP contribution in [0.1, 0.15) is 18.9 Å². The number of hydrogen-bond donors (Lipinski definition) is 0. The minimum Gasteiger partial charge on any atom is -0.207 e. The van der Waals surface area contributed by atoms with Crippen molar-refractivity contribution in [2.75, 3.05) is 18.4 Å². The van der Waals surface area contributed by atoms with Crippen LogP contribution < -0.4 is 0 Å². The summed E-state index contributed by atoms with van der Waals surface area (Å²) < 4.78 is 39.3. The van der Waals surface area contributed by atoms with E-state index in [0.29, 0.717) is 24.0 Å². The first-order chi connectivity index (χ1) is 8.43. The molecule has 18 heavy (non-hydrogen) atoms. The number of nitrogens with zero attached hydrogens (tertiary/aromatic N) is 1. The Balaban J connectivity index is 3.17. The highest BCUT2D eigenvalue weighted by Gasteiger charge is 2.24. The van der Waals surface area contributed by atoms with Gasteiger partial charge in [0.05, 0.1) is 4.90 Å². The molecule has 3 nitrogen and oxygen atoms in total. The molecule has 0 aliphatic rings. The van der Waals surface area contributed by atoms with E-state index in [2.05, 4.69) is 15.9 Å². The molecule has 0 N–H and O–H groups in total.